The fraction of sp³-hybridized carbons (Fsp3) is 0.200. The van der Waals surface area contributed by atoms with Crippen LogP contribution in [0.15, 0.2) is 40.9 Å². The molecule has 0 heterocycles. The van der Waals surface area contributed by atoms with Crippen LogP contribution >= 0.6 is 27.5 Å². The molecule has 0 fully saturated rings. The average molecular weight is 341 g/mol. The lowest BCUT2D eigenvalue weighted by molar-refractivity contribution is 0.407. The second-order valence-electron chi connectivity index (χ2n) is 4.39. The third-order valence-electron chi connectivity index (χ3n) is 3.02. The Bertz CT molecular complexity index is 601. The minimum Gasteiger partial charge on any atom is -0.496 e. The quantitative estimate of drug-likeness (QED) is 0.895. The first-order valence-corrected chi connectivity index (χ1v) is 7.05. The Balaban J connectivity index is 2.49. The highest BCUT2D eigenvalue weighted by atomic mass is 79.9. The van der Waals surface area contributed by atoms with Crippen LogP contribution in [0.1, 0.15) is 22.7 Å². The SMILES string of the molecule is COc1ccc(C)cc1C(N)c1ccc(Br)cc1Cl. The van der Waals surface area contributed by atoms with Crippen molar-refractivity contribution in [2.75, 3.05) is 7.11 Å². The fourth-order valence-electron chi connectivity index (χ4n) is 2.02. The number of rotatable bonds is 3. The van der Waals surface area contributed by atoms with Crippen LogP contribution in [0.25, 0.3) is 0 Å². The predicted molar refractivity (Wildman–Crippen MR) is 82.9 cm³/mol. The molecule has 0 aromatic heterocycles. The van der Waals surface area contributed by atoms with Crippen LogP contribution in [0.2, 0.25) is 5.02 Å². The zero-order chi connectivity index (χ0) is 14.0. The maximum atomic E-state index is 6.33. The van der Waals surface area contributed by atoms with E-state index in [1.165, 1.54) is 0 Å². The maximum Gasteiger partial charge on any atom is 0.123 e. The van der Waals surface area contributed by atoms with Gasteiger partial charge in [0.1, 0.15) is 5.75 Å². The van der Waals surface area contributed by atoms with E-state index in [0.717, 1.165) is 26.9 Å². The summed E-state index contributed by atoms with van der Waals surface area (Å²) in [6.07, 6.45) is 0. The average Bonchev–Trinajstić information content (AvgIpc) is 2.38. The predicted octanol–water partition coefficient (Wildman–Crippen LogP) is 4.47. The van der Waals surface area contributed by atoms with Crippen molar-refractivity contribution in [2.24, 2.45) is 5.73 Å². The van der Waals surface area contributed by atoms with Gasteiger partial charge in [0.2, 0.25) is 0 Å². The monoisotopic (exact) mass is 339 g/mol. The lowest BCUT2D eigenvalue weighted by Crippen LogP contribution is -2.13. The van der Waals surface area contributed by atoms with Gasteiger partial charge in [-0.05, 0) is 30.7 Å². The largest absolute Gasteiger partial charge is 0.496 e. The van der Waals surface area contributed by atoms with Crippen LogP contribution < -0.4 is 10.5 Å². The maximum absolute atomic E-state index is 6.33. The number of aryl methyl sites for hydroxylation is 1. The van der Waals surface area contributed by atoms with Crippen molar-refractivity contribution < 1.29 is 4.74 Å². The van der Waals surface area contributed by atoms with Gasteiger partial charge in [-0.15, -0.1) is 0 Å². The summed E-state index contributed by atoms with van der Waals surface area (Å²) < 4.78 is 6.31. The molecule has 4 heteroatoms. The smallest absolute Gasteiger partial charge is 0.123 e. The van der Waals surface area contributed by atoms with Crippen LogP contribution in [0.4, 0.5) is 0 Å². The Kier molecular flexibility index (Phi) is 4.50. The third-order valence-corrected chi connectivity index (χ3v) is 3.84. The molecule has 0 amide bonds. The molecule has 0 bridgehead atoms. The molecular weight excluding hydrogens is 326 g/mol. The van der Waals surface area contributed by atoms with Crippen molar-refractivity contribution in [2.45, 2.75) is 13.0 Å². The van der Waals surface area contributed by atoms with Crippen LogP contribution in [0.3, 0.4) is 0 Å². The molecule has 2 nitrogen and oxygen atoms in total. The van der Waals surface area contributed by atoms with Crippen molar-refractivity contribution >= 4 is 27.5 Å². The number of halogens is 2. The fourth-order valence-corrected chi connectivity index (χ4v) is 2.81. The molecule has 0 aliphatic carbocycles. The highest BCUT2D eigenvalue weighted by Gasteiger charge is 2.17. The number of hydrogen-bond donors (Lipinski definition) is 1. The molecule has 0 saturated heterocycles. The van der Waals surface area contributed by atoms with E-state index in [9.17, 15) is 0 Å². The van der Waals surface area contributed by atoms with E-state index in [0.29, 0.717) is 5.02 Å². The lowest BCUT2D eigenvalue weighted by atomic mass is 9.97. The van der Waals surface area contributed by atoms with Crippen molar-refractivity contribution in [3.8, 4) is 5.75 Å². The minimum atomic E-state index is -0.310. The summed E-state index contributed by atoms with van der Waals surface area (Å²) in [4.78, 5) is 0. The zero-order valence-corrected chi connectivity index (χ0v) is 13.1. The first kappa shape index (κ1) is 14.4. The van der Waals surface area contributed by atoms with E-state index in [-0.39, 0.29) is 6.04 Å². The first-order chi connectivity index (χ1) is 9.02. The molecule has 100 valence electrons. The van der Waals surface area contributed by atoms with E-state index in [4.69, 9.17) is 22.1 Å². The van der Waals surface area contributed by atoms with Gasteiger partial charge >= 0.3 is 0 Å². The molecule has 0 radical (unpaired) electrons. The van der Waals surface area contributed by atoms with Crippen LogP contribution in [0.5, 0.6) is 5.75 Å². The molecule has 2 aromatic rings. The van der Waals surface area contributed by atoms with E-state index in [1.54, 1.807) is 7.11 Å². The second-order valence-corrected chi connectivity index (χ2v) is 5.71. The molecule has 2 N–H and O–H groups in total. The Morgan fingerprint density at radius 3 is 2.53 bits per heavy atom. The molecular formula is C15H15BrClNO. The highest BCUT2D eigenvalue weighted by molar-refractivity contribution is 9.10. The van der Waals surface area contributed by atoms with Gasteiger partial charge in [-0.1, -0.05) is 51.3 Å². The number of nitrogens with two attached hydrogens (primary N) is 1. The van der Waals surface area contributed by atoms with Gasteiger partial charge in [0.15, 0.2) is 0 Å². The summed E-state index contributed by atoms with van der Waals surface area (Å²) in [5.74, 6) is 0.775. The molecule has 2 rings (SSSR count). The van der Waals surface area contributed by atoms with Crippen LogP contribution in [0, 0.1) is 6.92 Å². The Labute approximate surface area is 126 Å². The summed E-state index contributed by atoms with van der Waals surface area (Å²) in [5.41, 5.74) is 9.29. The minimum absolute atomic E-state index is 0.310. The molecule has 0 saturated carbocycles. The lowest BCUT2D eigenvalue weighted by Gasteiger charge is -2.18. The van der Waals surface area contributed by atoms with Crippen molar-refractivity contribution in [3.05, 3.63) is 62.6 Å². The zero-order valence-electron chi connectivity index (χ0n) is 10.8. The van der Waals surface area contributed by atoms with Crippen molar-refractivity contribution in [3.63, 3.8) is 0 Å². The summed E-state index contributed by atoms with van der Waals surface area (Å²) in [7, 11) is 1.64. The molecule has 0 spiro atoms. The second kappa shape index (κ2) is 5.95. The standard InChI is InChI=1S/C15H15BrClNO/c1-9-3-6-14(19-2)12(7-9)15(18)11-5-4-10(16)8-13(11)17/h3-8,15H,18H2,1-2H3. The number of ether oxygens (including phenoxy) is 1. The summed E-state index contributed by atoms with van der Waals surface area (Å²) in [6, 6.07) is 11.4. The summed E-state index contributed by atoms with van der Waals surface area (Å²) >= 11 is 9.65. The first-order valence-electron chi connectivity index (χ1n) is 5.88. The Hall–Kier alpha value is -1.03. The molecule has 0 aliphatic rings. The normalized spacial score (nSPS) is 12.3. The van der Waals surface area contributed by atoms with Gasteiger partial charge in [-0.3, -0.25) is 0 Å². The van der Waals surface area contributed by atoms with Crippen molar-refractivity contribution in [1.29, 1.82) is 0 Å². The highest BCUT2D eigenvalue weighted by Crippen LogP contribution is 2.33. The number of methoxy groups -OCH3 is 1. The van der Waals surface area contributed by atoms with Gasteiger partial charge in [-0.25, -0.2) is 0 Å². The van der Waals surface area contributed by atoms with Gasteiger partial charge in [0.25, 0.3) is 0 Å². The molecule has 1 unspecified atom stereocenters. The topological polar surface area (TPSA) is 35.2 Å². The summed E-state index contributed by atoms with van der Waals surface area (Å²) in [5, 5.41) is 0.644. The van der Waals surface area contributed by atoms with E-state index < -0.39 is 0 Å². The van der Waals surface area contributed by atoms with Gasteiger partial charge in [-0.2, -0.15) is 0 Å². The van der Waals surface area contributed by atoms with Crippen LogP contribution in [-0.4, -0.2) is 7.11 Å². The molecule has 2 aromatic carbocycles. The van der Waals surface area contributed by atoms with Gasteiger partial charge in [0.05, 0.1) is 13.2 Å². The number of benzene rings is 2. The van der Waals surface area contributed by atoms with Crippen molar-refractivity contribution in [1.82, 2.24) is 0 Å². The third kappa shape index (κ3) is 3.11. The molecule has 1 atom stereocenters. The Morgan fingerprint density at radius 2 is 1.89 bits per heavy atom. The van der Waals surface area contributed by atoms with E-state index >= 15 is 0 Å². The summed E-state index contributed by atoms with van der Waals surface area (Å²) in [6.45, 7) is 2.03. The van der Waals surface area contributed by atoms with Gasteiger partial charge < -0.3 is 10.5 Å². The van der Waals surface area contributed by atoms with Crippen LogP contribution in [-0.2, 0) is 0 Å². The molecule has 19 heavy (non-hydrogen) atoms. The van der Waals surface area contributed by atoms with E-state index in [1.807, 2.05) is 43.3 Å². The van der Waals surface area contributed by atoms with Gasteiger partial charge in [0, 0.05) is 15.1 Å². The Morgan fingerprint density at radius 1 is 1.16 bits per heavy atom. The molecule has 0 aliphatic heterocycles. The van der Waals surface area contributed by atoms with E-state index in [2.05, 4.69) is 15.9 Å². The number of hydrogen-bond acceptors (Lipinski definition) is 2.